The van der Waals surface area contributed by atoms with Crippen LogP contribution < -0.4 is 10.1 Å². The zero-order valence-corrected chi connectivity index (χ0v) is 20.6. The number of benzene rings is 3. The zero-order chi connectivity index (χ0) is 27.3. The van der Waals surface area contributed by atoms with Crippen LogP contribution in [0.3, 0.4) is 0 Å². The highest BCUT2D eigenvalue weighted by molar-refractivity contribution is 6.04. The molecule has 0 aliphatic rings. The highest BCUT2D eigenvalue weighted by Crippen LogP contribution is 2.33. The van der Waals surface area contributed by atoms with Crippen molar-refractivity contribution in [2.75, 3.05) is 25.1 Å². The molecule has 0 radical (unpaired) electrons. The quantitative estimate of drug-likeness (QED) is 0.211. The molecule has 4 rings (SSSR count). The third-order valence-corrected chi connectivity index (χ3v) is 5.47. The number of rotatable bonds is 9. The van der Waals surface area contributed by atoms with Gasteiger partial charge in [-0.25, -0.2) is 9.07 Å². The van der Waals surface area contributed by atoms with Crippen molar-refractivity contribution < 1.29 is 31.8 Å². The molecule has 0 aliphatic carbocycles. The average Bonchev–Trinajstić information content (AvgIpc) is 3.32. The molecule has 1 aromatic heterocycles. The lowest BCUT2D eigenvalue weighted by Gasteiger charge is -2.11. The number of hydrogen-bond acceptors (Lipinski definition) is 5. The smallest absolute Gasteiger partial charge is 0.416 e. The predicted octanol–water partition coefficient (Wildman–Crippen LogP) is 6.07. The van der Waals surface area contributed by atoms with E-state index in [2.05, 4.69) is 15.4 Å². The van der Waals surface area contributed by atoms with Crippen LogP contribution in [0.4, 0.5) is 23.2 Å². The summed E-state index contributed by atoms with van der Waals surface area (Å²) in [6.07, 6.45) is -4.54. The molecular formula is C27H24F4N4O3. The summed E-state index contributed by atoms with van der Waals surface area (Å²) in [6, 6.07) is 15.2. The van der Waals surface area contributed by atoms with Crippen LogP contribution in [-0.4, -0.2) is 40.5 Å². The summed E-state index contributed by atoms with van der Waals surface area (Å²) in [6.45, 7) is 4.32. The molecule has 0 fully saturated rings. The summed E-state index contributed by atoms with van der Waals surface area (Å²) in [5, 5.41) is 7.08. The molecule has 0 saturated heterocycles. The Hall–Kier alpha value is -4.25. The van der Waals surface area contributed by atoms with E-state index in [4.69, 9.17) is 9.47 Å². The molecule has 198 valence electrons. The predicted molar refractivity (Wildman–Crippen MR) is 133 cm³/mol. The van der Waals surface area contributed by atoms with Gasteiger partial charge in [0.15, 0.2) is 5.82 Å². The number of alkyl halides is 3. The van der Waals surface area contributed by atoms with Gasteiger partial charge in [0.25, 0.3) is 5.91 Å². The minimum atomic E-state index is -4.54. The molecule has 0 spiro atoms. The van der Waals surface area contributed by atoms with Gasteiger partial charge >= 0.3 is 12.2 Å². The molecule has 4 aromatic rings. The minimum absolute atomic E-state index is 0.0478. The van der Waals surface area contributed by atoms with Gasteiger partial charge in [0.1, 0.15) is 12.4 Å². The third-order valence-electron chi connectivity index (χ3n) is 5.47. The zero-order valence-electron chi connectivity index (χ0n) is 20.6. The van der Waals surface area contributed by atoms with E-state index in [0.717, 1.165) is 12.1 Å². The Bertz CT molecular complexity index is 1440. The highest BCUT2D eigenvalue weighted by atomic mass is 19.4. The summed E-state index contributed by atoms with van der Waals surface area (Å²) in [5.41, 5.74) is 0.736. The molecular weight excluding hydrogens is 504 g/mol. The molecule has 7 nitrogen and oxygen atoms in total. The topological polar surface area (TPSA) is 78.3 Å². The van der Waals surface area contributed by atoms with Gasteiger partial charge in [0, 0.05) is 23.4 Å². The number of nitrogens with one attached hydrogen (secondary N) is 1. The number of ether oxygens (including phenoxy) is 2. The van der Waals surface area contributed by atoms with E-state index < -0.39 is 23.5 Å². The molecule has 0 unspecified atom stereocenters. The number of nitrogens with zero attached hydrogens (tertiary/aromatic N) is 3. The number of aryl methyl sites for hydroxylation is 1. The fraction of sp³-hybridized carbons (Fsp3) is 0.222. The fourth-order valence-electron chi connectivity index (χ4n) is 3.60. The first-order chi connectivity index (χ1) is 18.2. The van der Waals surface area contributed by atoms with Gasteiger partial charge in [0.2, 0.25) is 0 Å². The van der Waals surface area contributed by atoms with Crippen molar-refractivity contribution in [1.82, 2.24) is 14.8 Å². The summed E-state index contributed by atoms with van der Waals surface area (Å²) in [7, 11) is 0. The lowest BCUT2D eigenvalue weighted by Crippen LogP contribution is -2.12. The van der Waals surface area contributed by atoms with Gasteiger partial charge in [-0.2, -0.15) is 18.2 Å². The van der Waals surface area contributed by atoms with Crippen LogP contribution in [0, 0.1) is 12.7 Å². The second kappa shape index (κ2) is 11.4. The first-order valence-corrected chi connectivity index (χ1v) is 11.7. The number of anilines is 1. The maximum atomic E-state index is 13.6. The molecule has 0 atom stereocenters. The first-order valence-electron chi connectivity index (χ1n) is 11.7. The Balaban J connectivity index is 1.68. The standard InChI is InChI=1S/C27H24F4N4O3/c1-3-37-12-13-38-26-33-24(18-6-4-7-20(15-18)27(29,30)31)35(34-26)22-9-5-8-21(16-22)32-25(36)19-10-11-23(28)17(2)14-19/h4-11,14-16H,3,12-13H2,1-2H3,(H,32,36). The van der Waals surface area contributed by atoms with Gasteiger partial charge in [-0.15, -0.1) is 5.10 Å². The molecule has 0 aliphatic heterocycles. The number of halogens is 4. The van der Waals surface area contributed by atoms with Crippen molar-refractivity contribution in [3.05, 3.63) is 89.2 Å². The molecule has 1 heterocycles. The number of carbonyl (C=O) groups is 1. The van der Waals surface area contributed by atoms with Crippen molar-refractivity contribution in [3.63, 3.8) is 0 Å². The summed E-state index contributed by atoms with van der Waals surface area (Å²) in [5.74, 6) is -0.766. The van der Waals surface area contributed by atoms with Gasteiger partial charge in [-0.3, -0.25) is 4.79 Å². The van der Waals surface area contributed by atoms with E-state index >= 15 is 0 Å². The minimum Gasteiger partial charge on any atom is -0.460 e. The lowest BCUT2D eigenvalue weighted by molar-refractivity contribution is -0.137. The number of aromatic nitrogens is 3. The number of carbonyl (C=O) groups excluding carboxylic acids is 1. The Morgan fingerprint density at radius 3 is 2.55 bits per heavy atom. The molecule has 1 N–H and O–H groups in total. The Morgan fingerprint density at radius 2 is 1.82 bits per heavy atom. The Labute approximate surface area is 216 Å². The molecule has 3 aromatic carbocycles. The van der Waals surface area contributed by atoms with E-state index in [0.29, 0.717) is 23.5 Å². The maximum absolute atomic E-state index is 13.6. The van der Waals surface area contributed by atoms with Crippen LogP contribution in [-0.2, 0) is 10.9 Å². The van der Waals surface area contributed by atoms with E-state index in [1.54, 1.807) is 31.2 Å². The van der Waals surface area contributed by atoms with Crippen molar-refractivity contribution in [3.8, 4) is 23.1 Å². The molecule has 38 heavy (non-hydrogen) atoms. The average molecular weight is 529 g/mol. The lowest BCUT2D eigenvalue weighted by atomic mass is 10.1. The SMILES string of the molecule is CCOCCOc1nc(-c2cccc(C(F)(F)F)c2)n(-c2cccc(NC(=O)c3ccc(F)c(C)c3)c2)n1. The van der Waals surface area contributed by atoms with E-state index in [1.807, 2.05) is 6.92 Å². The monoisotopic (exact) mass is 528 g/mol. The van der Waals surface area contributed by atoms with Crippen molar-refractivity contribution in [1.29, 1.82) is 0 Å². The summed E-state index contributed by atoms with van der Waals surface area (Å²) < 4.78 is 65.8. The van der Waals surface area contributed by atoms with Gasteiger partial charge in [-0.1, -0.05) is 18.2 Å². The molecule has 11 heteroatoms. The summed E-state index contributed by atoms with van der Waals surface area (Å²) in [4.78, 5) is 17.0. The first kappa shape index (κ1) is 26.8. The molecule has 0 saturated carbocycles. The second-order valence-corrected chi connectivity index (χ2v) is 8.22. The maximum Gasteiger partial charge on any atom is 0.416 e. The van der Waals surface area contributed by atoms with Crippen LogP contribution in [0.15, 0.2) is 66.7 Å². The Kier molecular flexibility index (Phi) is 8.06. The number of hydrogen-bond donors (Lipinski definition) is 1. The highest BCUT2D eigenvalue weighted by Gasteiger charge is 2.31. The van der Waals surface area contributed by atoms with E-state index in [1.165, 1.54) is 35.0 Å². The number of amides is 1. The van der Waals surface area contributed by atoms with Crippen molar-refractivity contribution in [2.24, 2.45) is 0 Å². The second-order valence-electron chi connectivity index (χ2n) is 8.22. The van der Waals surface area contributed by atoms with Crippen LogP contribution in [0.1, 0.15) is 28.4 Å². The molecule has 0 bridgehead atoms. The summed E-state index contributed by atoms with van der Waals surface area (Å²) >= 11 is 0. The van der Waals surface area contributed by atoms with E-state index in [9.17, 15) is 22.4 Å². The van der Waals surface area contributed by atoms with Crippen molar-refractivity contribution >= 4 is 11.6 Å². The van der Waals surface area contributed by atoms with Gasteiger partial charge in [-0.05, 0) is 67.9 Å². The van der Waals surface area contributed by atoms with Crippen molar-refractivity contribution in [2.45, 2.75) is 20.0 Å². The van der Waals surface area contributed by atoms with Gasteiger partial charge in [0.05, 0.1) is 17.9 Å². The fourth-order valence-corrected chi connectivity index (χ4v) is 3.60. The van der Waals surface area contributed by atoms with Crippen LogP contribution in [0.2, 0.25) is 0 Å². The third kappa shape index (κ3) is 6.35. The largest absolute Gasteiger partial charge is 0.460 e. The van der Waals surface area contributed by atoms with Gasteiger partial charge < -0.3 is 14.8 Å². The van der Waals surface area contributed by atoms with Crippen LogP contribution >= 0.6 is 0 Å². The van der Waals surface area contributed by atoms with Crippen LogP contribution in [0.25, 0.3) is 17.1 Å². The Morgan fingerprint density at radius 1 is 1.03 bits per heavy atom. The molecule has 1 amide bonds. The normalized spacial score (nSPS) is 11.4. The van der Waals surface area contributed by atoms with E-state index in [-0.39, 0.29) is 36.2 Å². The van der Waals surface area contributed by atoms with Crippen LogP contribution in [0.5, 0.6) is 6.01 Å².